The molecule has 1 aromatic carbocycles. The average molecular weight is 208 g/mol. The van der Waals surface area contributed by atoms with Gasteiger partial charge in [-0.2, -0.15) is 0 Å². The van der Waals surface area contributed by atoms with Gasteiger partial charge in [-0.1, -0.05) is 0 Å². The van der Waals surface area contributed by atoms with Crippen molar-refractivity contribution in [2.24, 2.45) is 5.73 Å². The van der Waals surface area contributed by atoms with Crippen LogP contribution in [0.1, 0.15) is 17.3 Å². The Balaban J connectivity index is 2.66. The first-order valence-corrected chi connectivity index (χ1v) is 4.82. The van der Waals surface area contributed by atoms with Gasteiger partial charge in [0.2, 0.25) is 0 Å². The predicted molar refractivity (Wildman–Crippen MR) is 59.0 cm³/mol. The molecule has 4 nitrogen and oxygen atoms in total. The lowest BCUT2D eigenvalue weighted by Crippen LogP contribution is -2.37. The summed E-state index contributed by atoms with van der Waals surface area (Å²) in [6, 6.07) is 6.93. The van der Waals surface area contributed by atoms with Gasteiger partial charge >= 0.3 is 0 Å². The van der Waals surface area contributed by atoms with Crippen LogP contribution in [0.5, 0.6) is 5.75 Å². The molecular formula is C11H16N2O2. The molecule has 0 spiro atoms. The number of carbonyl (C=O) groups excluding carboxylic acids is 1. The van der Waals surface area contributed by atoms with Gasteiger partial charge in [0.05, 0.1) is 7.11 Å². The maximum absolute atomic E-state index is 11.6. The number of hydrogen-bond acceptors (Lipinski definition) is 3. The Bertz CT molecular complexity index is 322. The molecule has 0 aliphatic carbocycles. The molecule has 0 unspecified atom stereocenters. The van der Waals surface area contributed by atoms with E-state index in [-0.39, 0.29) is 11.9 Å². The van der Waals surface area contributed by atoms with Gasteiger partial charge in [0.1, 0.15) is 5.75 Å². The lowest BCUT2D eigenvalue weighted by molar-refractivity contribution is 0.0941. The van der Waals surface area contributed by atoms with Crippen molar-refractivity contribution < 1.29 is 9.53 Å². The Hall–Kier alpha value is -1.55. The van der Waals surface area contributed by atoms with Gasteiger partial charge in [-0.15, -0.1) is 0 Å². The second kappa shape index (κ2) is 5.36. The number of hydrogen-bond donors (Lipinski definition) is 2. The van der Waals surface area contributed by atoms with E-state index in [1.165, 1.54) is 0 Å². The largest absolute Gasteiger partial charge is 0.497 e. The van der Waals surface area contributed by atoms with E-state index in [2.05, 4.69) is 5.32 Å². The Morgan fingerprint density at radius 2 is 2.07 bits per heavy atom. The molecule has 0 aromatic heterocycles. The summed E-state index contributed by atoms with van der Waals surface area (Å²) in [7, 11) is 1.59. The van der Waals surface area contributed by atoms with Crippen molar-refractivity contribution in [3.8, 4) is 5.75 Å². The molecule has 0 saturated carbocycles. The second-order valence-corrected chi connectivity index (χ2v) is 3.34. The van der Waals surface area contributed by atoms with E-state index in [1.807, 2.05) is 6.92 Å². The minimum atomic E-state index is -0.115. The maximum atomic E-state index is 11.6. The fourth-order valence-corrected chi connectivity index (χ4v) is 1.11. The molecule has 82 valence electrons. The number of carbonyl (C=O) groups is 1. The second-order valence-electron chi connectivity index (χ2n) is 3.34. The molecule has 0 fully saturated rings. The highest BCUT2D eigenvalue weighted by atomic mass is 16.5. The van der Waals surface area contributed by atoms with Crippen LogP contribution in [0.2, 0.25) is 0 Å². The number of benzene rings is 1. The fourth-order valence-electron chi connectivity index (χ4n) is 1.11. The molecule has 3 N–H and O–H groups in total. The van der Waals surface area contributed by atoms with Crippen molar-refractivity contribution in [3.05, 3.63) is 29.8 Å². The Morgan fingerprint density at radius 3 is 2.53 bits per heavy atom. The highest BCUT2D eigenvalue weighted by molar-refractivity contribution is 5.94. The Morgan fingerprint density at radius 1 is 1.47 bits per heavy atom. The van der Waals surface area contributed by atoms with Crippen LogP contribution < -0.4 is 15.8 Å². The van der Waals surface area contributed by atoms with Gasteiger partial charge in [0.25, 0.3) is 5.91 Å². The van der Waals surface area contributed by atoms with E-state index in [0.29, 0.717) is 12.1 Å². The van der Waals surface area contributed by atoms with E-state index in [4.69, 9.17) is 10.5 Å². The summed E-state index contributed by atoms with van der Waals surface area (Å²) in [6.07, 6.45) is 0. The number of nitrogens with two attached hydrogens (primary N) is 1. The van der Waals surface area contributed by atoms with Crippen molar-refractivity contribution in [2.45, 2.75) is 13.0 Å². The Labute approximate surface area is 89.4 Å². The molecule has 15 heavy (non-hydrogen) atoms. The lowest BCUT2D eigenvalue weighted by Gasteiger charge is -2.11. The van der Waals surface area contributed by atoms with Gasteiger partial charge in [0, 0.05) is 18.2 Å². The van der Waals surface area contributed by atoms with Crippen molar-refractivity contribution in [3.63, 3.8) is 0 Å². The number of nitrogens with one attached hydrogen (secondary N) is 1. The smallest absolute Gasteiger partial charge is 0.251 e. The summed E-state index contributed by atoms with van der Waals surface area (Å²) in [5.74, 6) is 0.619. The summed E-state index contributed by atoms with van der Waals surface area (Å²) in [5, 5.41) is 2.78. The van der Waals surface area contributed by atoms with Crippen LogP contribution in [0.25, 0.3) is 0 Å². The highest BCUT2D eigenvalue weighted by Crippen LogP contribution is 2.11. The first-order chi connectivity index (χ1) is 7.17. The summed E-state index contributed by atoms with van der Waals surface area (Å²) in [4.78, 5) is 11.6. The standard InChI is InChI=1S/C11H16N2O2/c1-8(7-12)13-11(14)9-3-5-10(15-2)6-4-9/h3-6,8H,7,12H2,1-2H3,(H,13,14)/t8-/m0/s1. The third-order valence-electron chi connectivity index (χ3n) is 2.08. The topological polar surface area (TPSA) is 64.3 Å². The van der Waals surface area contributed by atoms with Crippen LogP contribution in [-0.4, -0.2) is 25.6 Å². The zero-order valence-electron chi connectivity index (χ0n) is 8.99. The number of amides is 1. The third kappa shape index (κ3) is 3.25. The minimum Gasteiger partial charge on any atom is -0.497 e. The van der Waals surface area contributed by atoms with Crippen molar-refractivity contribution in [1.82, 2.24) is 5.32 Å². The quantitative estimate of drug-likeness (QED) is 0.768. The lowest BCUT2D eigenvalue weighted by atomic mass is 10.2. The summed E-state index contributed by atoms with van der Waals surface area (Å²) < 4.78 is 5.00. The van der Waals surface area contributed by atoms with Gasteiger partial charge in [-0.05, 0) is 31.2 Å². The SMILES string of the molecule is COc1ccc(C(=O)N[C@@H](C)CN)cc1. The average Bonchev–Trinajstić information content (AvgIpc) is 2.29. The van der Waals surface area contributed by atoms with Crippen molar-refractivity contribution in [2.75, 3.05) is 13.7 Å². The monoisotopic (exact) mass is 208 g/mol. The number of methoxy groups -OCH3 is 1. The molecule has 1 amide bonds. The number of rotatable bonds is 4. The molecule has 1 atom stereocenters. The van der Waals surface area contributed by atoms with Crippen LogP contribution in [0.15, 0.2) is 24.3 Å². The number of ether oxygens (including phenoxy) is 1. The van der Waals surface area contributed by atoms with Crippen LogP contribution in [0, 0.1) is 0 Å². The van der Waals surface area contributed by atoms with Crippen molar-refractivity contribution in [1.29, 1.82) is 0 Å². The molecular weight excluding hydrogens is 192 g/mol. The first kappa shape index (κ1) is 11.5. The summed E-state index contributed by atoms with van der Waals surface area (Å²) in [5.41, 5.74) is 6.02. The normalized spacial score (nSPS) is 11.9. The van der Waals surface area contributed by atoms with Crippen molar-refractivity contribution >= 4 is 5.91 Å². The fraction of sp³-hybridized carbons (Fsp3) is 0.364. The molecule has 0 bridgehead atoms. The molecule has 4 heteroatoms. The molecule has 1 aromatic rings. The van der Waals surface area contributed by atoms with E-state index in [9.17, 15) is 4.79 Å². The zero-order valence-corrected chi connectivity index (χ0v) is 8.99. The molecule has 0 saturated heterocycles. The van der Waals surface area contributed by atoms with Crippen LogP contribution in [0.4, 0.5) is 0 Å². The van der Waals surface area contributed by atoms with Gasteiger partial charge in [-0.25, -0.2) is 0 Å². The van der Waals surface area contributed by atoms with E-state index >= 15 is 0 Å². The van der Waals surface area contributed by atoms with E-state index < -0.39 is 0 Å². The van der Waals surface area contributed by atoms with E-state index in [0.717, 1.165) is 5.75 Å². The zero-order chi connectivity index (χ0) is 11.3. The van der Waals surface area contributed by atoms with Gasteiger partial charge < -0.3 is 15.8 Å². The van der Waals surface area contributed by atoms with Crippen LogP contribution in [-0.2, 0) is 0 Å². The minimum absolute atomic E-state index is 0.0143. The van der Waals surface area contributed by atoms with Crippen LogP contribution >= 0.6 is 0 Å². The van der Waals surface area contributed by atoms with Gasteiger partial charge in [-0.3, -0.25) is 4.79 Å². The predicted octanol–water partition coefficient (Wildman–Crippen LogP) is 0.772. The molecule has 0 aliphatic heterocycles. The molecule has 0 radical (unpaired) electrons. The summed E-state index contributed by atoms with van der Waals surface area (Å²) >= 11 is 0. The summed E-state index contributed by atoms with van der Waals surface area (Å²) in [6.45, 7) is 2.29. The Kier molecular flexibility index (Phi) is 4.12. The van der Waals surface area contributed by atoms with E-state index in [1.54, 1.807) is 31.4 Å². The molecule has 0 aliphatic rings. The van der Waals surface area contributed by atoms with Crippen LogP contribution in [0.3, 0.4) is 0 Å². The maximum Gasteiger partial charge on any atom is 0.251 e. The van der Waals surface area contributed by atoms with Gasteiger partial charge in [0.15, 0.2) is 0 Å². The highest BCUT2D eigenvalue weighted by Gasteiger charge is 2.07. The third-order valence-corrected chi connectivity index (χ3v) is 2.08. The molecule has 0 heterocycles. The first-order valence-electron chi connectivity index (χ1n) is 4.82. The molecule has 1 rings (SSSR count).